The van der Waals surface area contributed by atoms with Crippen molar-refractivity contribution in [2.45, 2.75) is 37.3 Å². The van der Waals surface area contributed by atoms with Gasteiger partial charge in [0.15, 0.2) is 6.29 Å². The van der Waals surface area contributed by atoms with E-state index in [1.807, 2.05) is 47.2 Å². The average molecular weight is 466 g/mol. The van der Waals surface area contributed by atoms with E-state index in [2.05, 4.69) is 0 Å². The molecular weight excluding hydrogens is 442 g/mol. The van der Waals surface area contributed by atoms with Crippen molar-refractivity contribution >= 4 is 23.2 Å². The van der Waals surface area contributed by atoms with Crippen LogP contribution in [0.3, 0.4) is 0 Å². The molecule has 0 spiro atoms. The molecule has 0 bridgehead atoms. The summed E-state index contributed by atoms with van der Waals surface area (Å²) in [6, 6.07) is 17.1. The molecule has 1 aromatic heterocycles. The minimum Gasteiger partial charge on any atom is -0.387 e. The summed E-state index contributed by atoms with van der Waals surface area (Å²) in [7, 11) is 1.45. The van der Waals surface area contributed by atoms with E-state index >= 15 is 0 Å². The Hall–Kier alpha value is -2.88. The lowest BCUT2D eigenvalue weighted by molar-refractivity contribution is -0.278. The first-order chi connectivity index (χ1) is 16.1. The molecule has 3 aromatic rings. The van der Waals surface area contributed by atoms with E-state index in [1.54, 1.807) is 24.3 Å². The molecule has 1 fully saturated rings. The van der Waals surface area contributed by atoms with Crippen LogP contribution >= 0.6 is 11.3 Å². The number of hydrogen-bond donors (Lipinski definition) is 1. The van der Waals surface area contributed by atoms with E-state index in [-0.39, 0.29) is 6.61 Å². The standard InChI is InChI=1S/C25H23NO6S/c1-30-25-19(26-23(28)17-9-5-6-10-18(17)24(26)29)22(31-13-15-7-3-2-4-8-15)20(27)21(32-25)16-11-12-33-14-16/h2-12,14,19-22,25,27H,13H2,1H3/t19-,20-,21+,22-,25-/m1/s1. The maximum Gasteiger partial charge on any atom is 0.262 e. The first-order valence-electron chi connectivity index (χ1n) is 10.6. The zero-order valence-corrected chi connectivity index (χ0v) is 18.7. The Kier molecular flexibility index (Phi) is 6.09. The van der Waals surface area contributed by atoms with Gasteiger partial charge < -0.3 is 19.3 Å². The summed E-state index contributed by atoms with van der Waals surface area (Å²) in [6.45, 7) is 0.190. The summed E-state index contributed by atoms with van der Waals surface area (Å²) in [4.78, 5) is 27.6. The minimum atomic E-state index is -1.14. The number of carbonyl (C=O) groups excluding carboxylic acids is 2. The van der Waals surface area contributed by atoms with Crippen molar-refractivity contribution in [3.8, 4) is 0 Å². The van der Waals surface area contributed by atoms with Gasteiger partial charge in [0.1, 0.15) is 24.4 Å². The van der Waals surface area contributed by atoms with E-state index < -0.39 is 42.5 Å². The van der Waals surface area contributed by atoms with Crippen molar-refractivity contribution in [2.24, 2.45) is 0 Å². The van der Waals surface area contributed by atoms with E-state index in [0.717, 1.165) is 16.0 Å². The van der Waals surface area contributed by atoms with Crippen LogP contribution in [0.15, 0.2) is 71.4 Å². The van der Waals surface area contributed by atoms with Gasteiger partial charge in [-0.25, -0.2) is 0 Å². The van der Waals surface area contributed by atoms with Crippen molar-refractivity contribution in [1.29, 1.82) is 0 Å². The molecule has 0 radical (unpaired) electrons. The fourth-order valence-corrected chi connectivity index (χ4v) is 5.14. The number of imide groups is 1. The van der Waals surface area contributed by atoms with Crippen LogP contribution in [0.2, 0.25) is 0 Å². The molecule has 5 atom stereocenters. The largest absolute Gasteiger partial charge is 0.387 e. The molecule has 2 aliphatic heterocycles. The van der Waals surface area contributed by atoms with Gasteiger partial charge in [-0.1, -0.05) is 42.5 Å². The van der Waals surface area contributed by atoms with Gasteiger partial charge in [0.05, 0.1) is 17.7 Å². The van der Waals surface area contributed by atoms with Crippen LogP contribution in [-0.2, 0) is 20.8 Å². The molecule has 33 heavy (non-hydrogen) atoms. The smallest absolute Gasteiger partial charge is 0.262 e. The number of rotatable bonds is 6. The third-order valence-electron chi connectivity index (χ3n) is 6.06. The van der Waals surface area contributed by atoms with Gasteiger partial charge in [-0.3, -0.25) is 14.5 Å². The SMILES string of the molecule is CO[C@@H]1O[C@@H](c2ccsc2)[C@@H](O)[C@H](OCc2ccccc2)[C@H]1N1C(=O)c2ccccc2C1=O. The van der Waals surface area contributed by atoms with Crippen LogP contribution < -0.4 is 0 Å². The molecule has 8 heteroatoms. The summed E-state index contributed by atoms with van der Waals surface area (Å²) >= 11 is 1.48. The van der Waals surface area contributed by atoms with Crippen LogP contribution in [0, 0.1) is 0 Å². The monoisotopic (exact) mass is 465 g/mol. The topological polar surface area (TPSA) is 85.3 Å². The average Bonchev–Trinajstić information content (AvgIpc) is 3.46. The number of fused-ring (bicyclic) bond motifs is 1. The highest BCUT2D eigenvalue weighted by Crippen LogP contribution is 2.39. The predicted molar refractivity (Wildman–Crippen MR) is 121 cm³/mol. The zero-order valence-electron chi connectivity index (χ0n) is 17.9. The van der Waals surface area contributed by atoms with Gasteiger partial charge in [0.2, 0.25) is 0 Å². The first kappa shape index (κ1) is 21.9. The molecule has 1 N–H and O–H groups in total. The summed E-state index contributed by atoms with van der Waals surface area (Å²) < 4.78 is 17.9. The van der Waals surface area contributed by atoms with Gasteiger partial charge in [0.25, 0.3) is 11.8 Å². The van der Waals surface area contributed by atoms with Crippen molar-refractivity contribution < 1.29 is 28.9 Å². The maximum absolute atomic E-state index is 13.3. The Morgan fingerprint density at radius 3 is 2.27 bits per heavy atom. The summed E-state index contributed by atoms with van der Waals surface area (Å²) in [5, 5.41) is 15.1. The van der Waals surface area contributed by atoms with Gasteiger partial charge in [-0.05, 0) is 40.1 Å². The minimum absolute atomic E-state index is 0.190. The normalized spacial score (nSPS) is 27.1. The molecule has 1 saturated heterocycles. The number of aliphatic hydroxyl groups excluding tert-OH is 1. The van der Waals surface area contributed by atoms with Gasteiger partial charge >= 0.3 is 0 Å². The highest BCUT2D eigenvalue weighted by Gasteiger charge is 2.54. The second-order valence-corrected chi connectivity index (χ2v) is 8.77. The van der Waals surface area contributed by atoms with E-state index in [1.165, 1.54) is 18.4 Å². The van der Waals surface area contributed by atoms with Gasteiger partial charge in [-0.15, -0.1) is 0 Å². The van der Waals surface area contributed by atoms with Crippen molar-refractivity contribution in [1.82, 2.24) is 4.90 Å². The molecule has 0 unspecified atom stereocenters. The Bertz CT molecular complexity index is 1100. The van der Waals surface area contributed by atoms with Gasteiger partial charge in [-0.2, -0.15) is 11.3 Å². The lowest BCUT2D eigenvalue weighted by Crippen LogP contribution is -2.63. The molecule has 7 nitrogen and oxygen atoms in total. The number of thiophene rings is 1. The lowest BCUT2D eigenvalue weighted by atomic mass is 9.92. The quantitative estimate of drug-likeness (QED) is 0.562. The van der Waals surface area contributed by atoms with Crippen LogP contribution in [0.4, 0.5) is 0 Å². The summed E-state index contributed by atoms with van der Waals surface area (Å²) in [6.07, 6.45) is -3.78. The molecule has 5 rings (SSSR count). The third kappa shape index (κ3) is 3.90. The number of amides is 2. The summed E-state index contributed by atoms with van der Waals surface area (Å²) in [5.41, 5.74) is 2.31. The van der Waals surface area contributed by atoms with Crippen LogP contribution in [-0.4, -0.2) is 53.5 Å². The third-order valence-corrected chi connectivity index (χ3v) is 6.76. The Labute approximate surface area is 195 Å². The molecular formula is C25H23NO6S. The fourth-order valence-electron chi connectivity index (χ4n) is 4.45. The number of hydrogen-bond acceptors (Lipinski definition) is 7. The fraction of sp³-hybridized carbons (Fsp3) is 0.280. The van der Waals surface area contributed by atoms with Crippen LogP contribution in [0.5, 0.6) is 0 Å². The number of methoxy groups -OCH3 is 1. The number of carbonyl (C=O) groups is 2. The highest BCUT2D eigenvalue weighted by molar-refractivity contribution is 7.07. The number of nitrogens with zero attached hydrogens (tertiary/aromatic N) is 1. The predicted octanol–water partition coefficient (Wildman–Crippen LogP) is 3.40. The molecule has 2 aromatic carbocycles. The number of aliphatic hydroxyl groups is 1. The lowest BCUT2D eigenvalue weighted by Gasteiger charge is -2.46. The first-order valence-corrected chi connectivity index (χ1v) is 11.6. The maximum atomic E-state index is 13.3. The highest BCUT2D eigenvalue weighted by atomic mass is 32.1. The molecule has 3 heterocycles. The second-order valence-electron chi connectivity index (χ2n) is 7.99. The number of benzene rings is 2. The van der Waals surface area contributed by atoms with Gasteiger partial charge in [0, 0.05) is 7.11 Å². The molecule has 170 valence electrons. The van der Waals surface area contributed by atoms with Crippen LogP contribution in [0.1, 0.15) is 37.9 Å². The molecule has 0 saturated carbocycles. The summed E-state index contributed by atoms with van der Waals surface area (Å²) in [5.74, 6) is -0.915. The Balaban J connectivity index is 1.52. The second kappa shape index (κ2) is 9.17. The van der Waals surface area contributed by atoms with Crippen LogP contribution in [0.25, 0.3) is 0 Å². The Morgan fingerprint density at radius 2 is 1.67 bits per heavy atom. The molecule has 2 aliphatic rings. The van der Waals surface area contributed by atoms with Crippen molar-refractivity contribution in [3.63, 3.8) is 0 Å². The molecule has 2 amide bonds. The zero-order chi connectivity index (χ0) is 22.9. The van der Waals surface area contributed by atoms with Crippen molar-refractivity contribution in [2.75, 3.05) is 7.11 Å². The Morgan fingerprint density at radius 1 is 1.00 bits per heavy atom. The van der Waals surface area contributed by atoms with E-state index in [4.69, 9.17) is 14.2 Å². The van der Waals surface area contributed by atoms with Crippen molar-refractivity contribution in [3.05, 3.63) is 93.7 Å². The van der Waals surface area contributed by atoms with E-state index in [0.29, 0.717) is 11.1 Å². The van der Waals surface area contributed by atoms with E-state index in [9.17, 15) is 14.7 Å². The molecule has 0 aliphatic carbocycles. The number of ether oxygens (including phenoxy) is 3.